The number of hydrogen-bond donors (Lipinski definition) is 0. The van der Waals surface area contributed by atoms with Crippen LogP contribution in [0.4, 0.5) is 0 Å². The van der Waals surface area contributed by atoms with Gasteiger partial charge in [-0.2, -0.15) is 0 Å². The fourth-order valence-electron chi connectivity index (χ4n) is 7.48. The minimum absolute atomic E-state index is 0.0844. The van der Waals surface area contributed by atoms with Gasteiger partial charge in [0, 0.05) is 0 Å². The second-order valence-electron chi connectivity index (χ2n) is 12.1. The van der Waals surface area contributed by atoms with Gasteiger partial charge in [-0.05, 0) is 0 Å². The van der Waals surface area contributed by atoms with E-state index in [-0.39, 0.29) is 8.45 Å². The SMILES string of the molecule is CC1=Cc2c(-c3cccc4ccccc34)cccc2[CH]1[Ti]([Cl])([Cl])([CH]1C(C)=Cc2c(C(C)C)cccc21)=[Si](C)C. The van der Waals surface area contributed by atoms with Crippen LogP contribution in [-0.4, -0.2) is 6.19 Å². The molecule has 4 heteroatoms. The van der Waals surface area contributed by atoms with E-state index in [1.54, 1.807) is 0 Å². The van der Waals surface area contributed by atoms with E-state index in [4.69, 9.17) is 18.6 Å². The van der Waals surface area contributed by atoms with Gasteiger partial charge in [-0.15, -0.1) is 0 Å². The fraction of sp³-hybridized carbons (Fsp3) is 0.257. The summed E-state index contributed by atoms with van der Waals surface area (Å²) in [7, 11) is 16.7. The third kappa shape index (κ3) is 3.96. The summed E-state index contributed by atoms with van der Waals surface area (Å²) in [6.07, 6.45) is 3.71. The van der Waals surface area contributed by atoms with Crippen molar-refractivity contribution in [1.82, 2.24) is 0 Å². The van der Waals surface area contributed by atoms with Crippen LogP contribution in [0.1, 0.15) is 69.9 Å². The molecule has 0 fully saturated rings. The number of halogens is 2. The van der Waals surface area contributed by atoms with E-state index in [0.717, 1.165) is 0 Å². The minimum atomic E-state index is -4.38. The second kappa shape index (κ2) is 9.61. The van der Waals surface area contributed by atoms with Crippen LogP contribution in [0.2, 0.25) is 13.1 Å². The molecular weight excluding hydrogens is 567 g/mol. The Morgan fingerprint density at radius 1 is 0.667 bits per heavy atom. The van der Waals surface area contributed by atoms with Crippen LogP contribution in [0, 0.1) is 0 Å². The molecule has 198 valence electrons. The van der Waals surface area contributed by atoms with Crippen molar-refractivity contribution in [2.45, 2.75) is 55.2 Å². The van der Waals surface area contributed by atoms with Gasteiger partial charge in [-0.25, -0.2) is 0 Å². The molecule has 0 nitrogen and oxygen atoms in total. The summed E-state index contributed by atoms with van der Waals surface area (Å²) in [5.74, 6) is 0.455. The Balaban J connectivity index is 1.60. The van der Waals surface area contributed by atoms with Gasteiger partial charge in [-0.3, -0.25) is 0 Å². The molecule has 0 aliphatic heterocycles. The van der Waals surface area contributed by atoms with Gasteiger partial charge in [0.25, 0.3) is 0 Å². The molecule has 2 aliphatic rings. The van der Waals surface area contributed by atoms with E-state index in [9.17, 15) is 0 Å². The number of allylic oxidation sites excluding steroid dienone is 2. The normalized spacial score (nSPS) is 18.7. The first kappa shape index (κ1) is 27.3. The first-order valence-electron chi connectivity index (χ1n) is 14.0. The summed E-state index contributed by atoms with van der Waals surface area (Å²) in [5, 5.41) is 2.54. The Labute approximate surface area is 242 Å². The van der Waals surface area contributed by atoms with Gasteiger partial charge in [0.05, 0.1) is 0 Å². The molecule has 4 aromatic carbocycles. The number of hydrogen-bond acceptors (Lipinski definition) is 0. The maximum atomic E-state index is 8.33. The molecule has 39 heavy (non-hydrogen) atoms. The predicted molar refractivity (Wildman–Crippen MR) is 172 cm³/mol. The topological polar surface area (TPSA) is 0 Å². The Bertz CT molecular complexity index is 1790. The maximum absolute atomic E-state index is 8.33. The molecule has 0 heterocycles. The third-order valence-corrected chi connectivity index (χ3v) is 41.2. The van der Waals surface area contributed by atoms with Gasteiger partial charge in [0.2, 0.25) is 0 Å². The third-order valence-electron chi connectivity index (χ3n) is 9.31. The first-order valence-corrected chi connectivity index (χ1v) is 25.0. The quantitative estimate of drug-likeness (QED) is 0.204. The number of benzene rings is 4. The van der Waals surface area contributed by atoms with Crippen molar-refractivity contribution in [1.29, 1.82) is 0 Å². The molecule has 0 saturated carbocycles. The van der Waals surface area contributed by atoms with E-state index in [2.05, 4.69) is 132 Å². The fourth-order valence-corrected chi connectivity index (χ4v) is 27.9. The molecule has 0 bridgehead atoms. The van der Waals surface area contributed by atoms with E-state index in [1.807, 2.05) is 0 Å². The summed E-state index contributed by atoms with van der Waals surface area (Å²) in [6.45, 7) is 13.9. The van der Waals surface area contributed by atoms with Crippen molar-refractivity contribution in [2.75, 3.05) is 0 Å². The Morgan fingerprint density at radius 3 is 1.87 bits per heavy atom. The van der Waals surface area contributed by atoms with Crippen molar-refractivity contribution in [3.8, 4) is 11.1 Å². The average Bonchev–Trinajstić information content (AvgIpc) is 3.44. The van der Waals surface area contributed by atoms with Gasteiger partial charge in [0.1, 0.15) is 0 Å². The van der Waals surface area contributed by atoms with E-state index in [0.29, 0.717) is 5.92 Å². The standard InChI is InChI=1S/C20H15.C13H15.C2H6Si.2ClH.Ti/c1-14-12-16-8-5-11-19(20(16)13-14)18-10-4-7-15-6-2-3-9-17(15)18;1-9(2)12-6-4-5-11-7-10(3)8-13(11)12;1-3-2;;;/h2-13H,1H3;4-9H,1-3H3;1-2H3;2*1H;/q;;;;;+2/p-2. The van der Waals surface area contributed by atoms with E-state index >= 15 is 0 Å². The zero-order valence-electron chi connectivity index (χ0n) is 23.6. The van der Waals surface area contributed by atoms with Crippen LogP contribution in [0.5, 0.6) is 0 Å². The molecule has 2 unspecified atom stereocenters. The van der Waals surface area contributed by atoms with Gasteiger partial charge >= 0.3 is 244 Å². The average molecular weight is 604 g/mol. The monoisotopic (exact) mass is 602 g/mol. The zero-order valence-corrected chi connectivity index (χ0v) is 27.7. The zero-order chi connectivity index (χ0) is 27.7. The summed E-state index contributed by atoms with van der Waals surface area (Å²) >= 11 is -4.38. The molecule has 0 amide bonds. The molecule has 0 N–H and O–H groups in total. The van der Waals surface area contributed by atoms with Crippen molar-refractivity contribution < 1.29 is 11.9 Å². The molecule has 2 aliphatic carbocycles. The Kier molecular flexibility index (Phi) is 6.73. The van der Waals surface area contributed by atoms with Crippen molar-refractivity contribution in [3.63, 3.8) is 0 Å². The van der Waals surface area contributed by atoms with Crippen molar-refractivity contribution in [2.24, 2.45) is 0 Å². The second-order valence-corrected chi connectivity index (χ2v) is 38.8. The Hall–Kier alpha value is -1.87. The van der Waals surface area contributed by atoms with Crippen molar-refractivity contribution in [3.05, 3.63) is 118 Å². The summed E-state index contributed by atoms with van der Waals surface area (Å²) in [5.41, 5.74) is 12.0. The number of fused-ring (bicyclic) bond motifs is 3. The molecule has 6 rings (SSSR count). The molecule has 4 aromatic rings. The molecule has 0 aromatic heterocycles. The summed E-state index contributed by atoms with van der Waals surface area (Å²) in [6, 6.07) is 28.9. The van der Waals surface area contributed by atoms with Gasteiger partial charge < -0.3 is 0 Å². The van der Waals surface area contributed by atoms with Crippen molar-refractivity contribution >= 4 is 47.7 Å². The van der Waals surface area contributed by atoms with E-state index < -0.39 is 18.1 Å². The molecular formula is C35H36Cl2SiTi. The molecule has 2 atom stereocenters. The predicted octanol–water partition coefficient (Wildman–Crippen LogP) is 11.5. The molecule has 0 saturated heterocycles. The van der Waals surface area contributed by atoms with Crippen LogP contribution >= 0.6 is 18.6 Å². The molecule has 0 spiro atoms. The Morgan fingerprint density at radius 2 is 1.21 bits per heavy atom. The molecule has 0 radical (unpaired) electrons. The van der Waals surface area contributed by atoms with Gasteiger partial charge in [-0.1, -0.05) is 0 Å². The summed E-state index contributed by atoms with van der Waals surface area (Å²) < 4.78 is 0.199. The van der Waals surface area contributed by atoms with Crippen LogP contribution in [-0.2, 0) is 11.9 Å². The first-order chi connectivity index (χ1) is 18.5. The van der Waals surface area contributed by atoms with Crippen LogP contribution in [0.15, 0.2) is 90.0 Å². The van der Waals surface area contributed by atoms with Gasteiger partial charge in [0.15, 0.2) is 0 Å². The summed E-state index contributed by atoms with van der Waals surface area (Å²) in [4.78, 5) is 0. The van der Waals surface area contributed by atoms with Crippen LogP contribution in [0.3, 0.4) is 0 Å². The van der Waals surface area contributed by atoms with Crippen LogP contribution in [0.25, 0.3) is 34.1 Å². The number of rotatable bonds is 4. The van der Waals surface area contributed by atoms with Crippen LogP contribution < -0.4 is 0 Å². The van der Waals surface area contributed by atoms with E-state index in [1.165, 1.54) is 60.9 Å².